The second-order valence-corrected chi connectivity index (χ2v) is 4.90. The van der Waals surface area contributed by atoms with Gasteiger partial charge in [0, 0.05) is 37.9 Å². The largest absolute Gasteiger partial charge is 0.396 e. The van der Waals surface area contributed by atoms with Crippen LogP contribution in [-0.4, -0.2) is 36.6 Å². The van der Waals surface area contributed by atoms with E-state index in [9.17, 15) is 18.4 Å². The lowest BCUT2D eigenvalue weighted by Crippen LogP contribution is -2.33. The highest BCUT2D eigenvalue weighted by Gasteiger charge is 2.35. The van der Waals surface area contributed by atoms with E-state index in [0.717, 1.165) is 18.2 Å². The first-order valence-electron chi connectivity index (χ1n) is 6.66. The summed E-state index contributed by atoms with van der Waals surface area (Å²) in [4.78, 5) is 25.0. The van der Waals surface area contributed by atoms with Gasteiger partial charge >= 0.3 is 0 Å². The Balaban J connectivity index is 2.04. The predicted octanol–water partition coefficient (Wildman–Crippen LogP) is 0.816. The molecule has 1 fully saturated rings. The van der Waals surface area contributed by atoms with Crippen LogP contribution in [0.5, 0.6) is 0 Å². The molecule has 0 saturated carbocycles. The quantitative estimate of drug-likeness (QED) is 0.791. The number of aliphatic hydroxyl groups is 1. The number of aliphatic hydroxyl groups excluding tert-OH is 1. The highest BCUT2D eigenvalue weighted by molar-refractivity contribution is 6.00. The SMILES string of the molecule is O=C(NCCCO)C1CC(=O)N(c2cc(F)cc(F)c2)C1. The van der Waals surface area contributed by atoms with Gasteiger partial charge in [-0.2, -0.15) is 0 Å². The van der Waals surface area contributed by atoms with Crippen molar-refractivity contribution in [3.05, 3.63) is 29.8 Å². The highest BCUT2D eigenvalue weighted by atomic mass is 19.1. The van der Waals surface area contributed by atoms with E-state index in [1.165, 1.54) is 4.90 Å². The van der Waals surface area contributed by atoms with Crippen LogP contribution in [0.3, 0.4) is 0 Å². The van der Waals surface area contributed by atoms with Gasteiger partial charge in [-0.15, -0.1) is 0 Å². The molecule has 1 saturated heterocycles. The van der Waals surface area contributed by atoms with Crippen molar-refractivity contribution in [3.8, 4) is 0 Å². The molecule has 7 heteroatoms. The van der Waals surface area contributed by atoms with E-state index in [0.29, 0.717) is 13.0 Å². The molecular weight excluding hydrogens is 282 g/mol. The monoisotopic (exact) mass is 298 g/mol. The maximum Gasteiger partial charge on any atom is 0.227 e. The van der Waals surface area contributed by atoms with Crippen molar-refractivity contribution >= 4 is 17.5 Å². The van der Waals surface area contributed by atoms with E-state index in [-0.39, 0.29) is 37.1 Å². The molecule has 21 heavy (non-hydrogen) atoms. The fourth-order valence-corrected chi connectivity index (χ4v) is 2.26. The zero-order valence-electron chi connectivity index (χ0n) is 11.3. The number of nitrogens with zero attached hydrogens (tertiary/aromatic N) is 1. The first kappa shape index (κ1) is 15.4. The Morgan fingerprint density at radius 1 is 1.33 bits per heavy atom. The summed E-state index contributed by atoms with van der Waals surface area (Å²) in [6.45, 7) is 0.389. The lowest BCUT2D eigenvalue weighted by atomic mass is 10.1. The van der Waals surface area contributed by atoms with E-state index >= 15 is 0 Å². The minimum Gasteiger partial charge on any atom is -0.396 e. The molecule has 1 heterocycles. The number of halogens is 2. The Hall–Kier alpha value is -2.02. The Morgan fingerprint density at radius 2 is 2.00 bits per heavy atom. The van der Waals surface area contributed by atoms with Gasteiger partial charge < -0.3 is 15.3 Å². The molecule has 1 aliphatic rings. The number of carbonyl (C=O) groups excluding carboxylic acids is 2. The molecular formula is C14H16F2N2O3. The van der Waals surface area contributed by atoms with Crippen LogP contribution in [0, 0.1) is 17.6 Å². The van der Waals surface area contributed by atoms with Crippen LogP contribution in [-0.2, 0) is 9.59 Å². The normalized spacial score (nSPS) is 18.1. The van der Waals surface area contributed by atoms with Gasteiger partial charge in [0.2, 0.25) is 11.8 Å². The van der Waals surface area contributed by atoms with Crippen molar-refractivity contribution in [3.63, 3.8) is 0 Å². The summed E-state index contributed by atoms with van der Waals surface area (Å²) in [7, 11) is 0. The Bertz CT molecular complexity index is 531. The number of anilines is 1. The van der Waals surface area contributed by atoms with Crippen LogP contribution in [0.1, 0.15) is 12.8 Å². The van der Waals surface area contributed by atoms with Crippen molar-refractivity contribution in [2.24, 2.45) is 5.92 Å². The summed E-state index contributed by atoms with van der Waals surface area (Å²) < 4.78 is 26.4. The molecule has 0 aromatic heterocycles. The minimum absolute atomic E-state index is 0.00307. The molecule has 0 bridgehead atoms. The van der Waals surface area contributed by atoms with Gasteiger partial charge in [-0.05, 0) is 18.6 Å². The summed E-state index contributed by atoms with van der Waals surface area (Å²) in [5.74, 6) is -2.73. The van der Waals surface area contributed by atoms with Crippen LogP contribution in [0.15, 0.2) is 18.2 Å². The van der Waals surface area contributed by atoms with E-state index < -0.39 is 17.6 Å². The Labute approximate surface area is 120 Å². The first-order valence-corrected chi connectivity index (χ1v) is 6.66. The first-order chi connectivity index (χ1) is 10.0. The van der Waals surface area contributed by atoms with Crippen LogP contribution in [0.4, 0.5) is 14.5 Å². The van der Waals surface area contributed by atoms with Crippen LogP contribution in [0.25, 0.3) is 0 Å². The smallest absolute Gasteiger partial charge is 0.227 e. The molecule has 0 radical (unpaired) electrons. The fraction of sp³-hybridized carbons (Fsp3) is 0.429. The summed E-state index contributed by atoms with van der Waals surface area (Å²) in [6, 6.07) is 2.85. The van der Waals surface area contributed by atoms with Gasteiger partial charge in [0.1, 0.15) is 11.6 Å². The fourth-order valence-electron chi connectivity index (χ4n) is 2.26. The lowest BCUT2D eigenvalue weighted by Gasteiger charge is -2.17. The summed E-state index contributed by atoms with van der Waals surface area (Å²) in [6.07, 6.45) is 0.439. The van der Waals surface area contributed by atoms with Crippen molar-refractivity contribution in [2.45, 2.75) is 12.8 Å². The van der Waals surface area contributed by atoms with Crippen LogP contribution in [0.2, 0.25) is 0 Å². The average molecular weight is 298 g/mol. The molecule has 1 aliphatic heterocycles. The number of amides is 2. The number of rotatable bonds is 5. The summed E-state index contributed by atoms with van der Waals surface area (Å²) in [5.41, 5.74) is 0.114. The maximum absolute atomic E-state index is 13.2. The maximum atomic E-state index is 13.2. The van der Waals surface area contributed by atoms with Crippen LogP contribution < -0.4 is 10.2 Å². The zero-order chi connectivity index (χ0) is 15.4. The molecule has 1 aromatic carbocycles. The number of carbonyl (C=O) groups is 2. The predicted molar refractivity (Wildman–Crippen MR) is 71.5 cm³/mol. The van der Waals surface area contributed by atoms with Crippen molar-refractivity contribution < 1.29 is 23.5 Å². The number of hydrogen-bond donors (Lipinski definition) is 2. The van der Waals surface area contributed by atoms with E-state index in [2.05, 4.69) is 5.32 Å². The van der Waals surface area contributed by atoms with Gasteiger partial charge in [0.25, 0.3) is 0 Å². The number of hydrogen-bond acceptors (Lipinski definition) is 3. The number of nitrogens with one attached hydrogen (secondary N) is 1. The molecule has 5 nitrogen and oxygen atoms in total. The van der Waals surface area contributed by atoms with Gasteiger partial charge in [-0.1, -0.05) is 0 Å². The third-order valence-electron chi connectivity index (χ3n) is 3.29. The topological polar surface area (TPSA) is 69.6 Å². The molecule has 114 valence electrons. The van der Waals surface area contributed by atoms with Crippen LogP contribution >= 0.6 is 0 Å². The average Bonchev–Trinajstić information content (AvgIpc) is 2.80. The molecule has 1 unspecified atom stereocenters. The molecule has 2 N–H and O–H groups in total. The summed E-state index contributed by atoms with van der Waals surface area (Å²) in [5, 5.41) is 11.3. The third-order valence-corrected chi connectivity index (χ3v) is 3.29. The standard InChI is InChI=1S/C14H16F2N2O3/c15-10-5-11(16)7-12(6-10)18-8-9(4-13(18)20)14(21)17-2-1-3-19/h5-7,9,19H,1-4,8H2,(H,17,21). The van der Waals surface area contributed by atoms with Gasteiger partial charge in [-0.3, -0.25) is 9.59 Å². The Morgan fingerprint density at radius 3 is 2.62 bits per heavy atom. The van der Waals surface area contributed by atoms with Gasteiger partial charge in [-0.25, -0.2) is 8.78 Å². The molecule has 2 rings (SSSR count). The van der Waals surface area contributed by atoms with Crippen molar-refractivity contribution in [1.82, 2.24) is 5.32 Å². The van der Waals surface area contributed by atoms with Crippen molar-refractivity contribution in [1.29, 1.82) is 0 Å². The third kappa shape index (κ3) is 3.75. The molecule has 1 aromatic rings. The van der Waals surface area contributed by atoms with Gasteiger partial charge in [0.05, 0.1) is 5.92 Å². The van der Waals surface area contributed by atoms with E-state index in [1.54, 1.807) is 0 Å². The lowest BCUT2D eigenvalue weighted by molar-refractivity contribution is -0.126. The minimum atomic E-state index is -0.770. The summed E-state index contributed by atoms with van der Waals surface area (Å²) >= 11 is 0. The highest BCUT2D eigenvalue weighted by Crippen LogP contribution is 2.26. The molecule has 0 spiro atoms. The zero-order valence-corrected chi connectivity index (χ0v) is 11.3. The second-order valence-electron chi connectivity index (χ2n) is 4.90. The van der Waals surface area contributed by atoms with E-state index in [4.69, 9.17) is 5.11 Å². The molecule has 1 atom stereocenters. The van der Waals surface area contributed by atoms with Crippen molar-refractivity contribution in [2.75, 3.05) is 24.6 Å². The molecule has 2 amide bonds. The van der Waals surface area contributed by atoms with E-state index in [1.807, 2.05) is 0 Å². The second kappa shape index (κ2) is 6.62. The van der Waals surface area contributed by atoms with Gasteiger partial charge in [0.15, 0.2) is 0 Å². The molecule has 0 aliphatic carbocycles. The Kier molecular flexibility index (Phi) is 4.85. The number of benzene rings is 1.